The van der Waals surface area contributed by atoms with Crippen molar-refractivity contribution in [3.63, 3.8) is 0 Å². The summed E-state index contributed by atoms with van der Waals surface area (Å²) >= 11 is 7.50. The molecule has 0 unspecified atom stereocenters. The molecule has 0 amide bonds. The van der Waals surface area contributed by atoms with Gasteiger partial charge in [0, 0.05) is 27.4 Å². The Hall–Kier alpha value is -1.03. The molecule has 0 radical (unpaired) electrons. The molecule has 20 heavy (non-hydrogen) atoms. The molecular formula is C16H17ClFNS. The topological polar surface area (TPSA) is 12.0 Å². The molecule has 1 nitrogen and oxygen atoms in total. The predicted molar refractivity (Wildman–Crippen MR) is 84.0 cm³/mol. The van der Waals surface area contributed by atoms with Crippen LogP contribution in [0.1, 0.15) is 19.4 Å². The normalized spacial score (nSPS) is 11.1. The first-order valence-corrected chi connectivity index (χ1v) is 7.69. The molecule has 0 fully saturated rings. The number of hydrogen-bond donors (Lipinski definition) is 1. The number of hydrogen-bond acceptors (Lipinski definition) is 2. The summed E-state index contributed by atoms with van der Waals surface area (Å²) in [6, 6.07) is 12.9. The largest absolute Gasteiger partial charge is 0.310 e. The van der Waals surface area contributed by atoms with Crippen molar-refractivity contribution >= 4 is 23.4 Å². The maximum absolute atomic E-state index is 13.4. The minimum atomic E-state index is -0.203. The van der Waals surface area contributed by atoms with E-state index in [1.165, 1.54) is 6.07 Å². The van der Waals surface area contributed by atoms with Crippen LogP contribution in [0.3, 0.4) is 0 Å². The van der Waals surface area contributed by atoms with Crippen LogP contribution >= 0.6 is 23.4 Å². The summed E-state index contributed by atoms with van der Waals surface area (Å²) < 4.78 is 13.4. The van der Waals surface area contributed by atoms with E-state index in [1.807, 2.05) is 30.3 Å². The summed E-state index contributed by atoms with van der Waals surface area (Å²) in [7, 11) is 0. The Bertz CT molecular complexity index is 569. The SMILES string of the molecule is CC(C)NCc1cc(F)ccc1Sc1ccc(Cl)cc1. The highest BCUT2D eigenvalue weighted by Crippen LogP contribution is 2.31. The van der Waals surface area contributed by atoms with Crippen LogP contribution in [-0.2, 0) is 6.54 Å². The molecule has 0 bridgehead atoms. The number of halogens is 2. The van der Waals surface area contributed by atoms with Crippen LogP contribution < -0.4 is 5.32 Å². The van der Waals surface area contributed by atoms with Gasteiger partial charge in [0.15, 0.2) is 0 Å². The van der Waals surface area contributed by atoms with E-state index >= 15 is 0 Å². The van der Waals surface area contributed by atoms with E-state index in [9.17, 15) is 4.39 Å². The van der Waals surface area contributed by atoms with E-state index in [1.54, 1.807) is 17.8 Å². The van der Waals surface area contributed by atoms with Crippen molar-refractivity contribution in [1.29, 1.82) is 0 Å². The molecule has 2 rings (SSSR count). The van der Waals surface area contributed by atoms with E-state index in [0.29, 0.717) is 12.6 Å². The first-order chi connectivity index (χ1) is 9.54. The Labute approximate surface area is 128 Å². The van der Waals surface area contributed by atoms with Crippen molar-refractivity contribution in [3.05, 3.63) is 58.9 Å². The second kappa shape index (κ2) is 7.11. The maximum Gasteiger partial charge on any atom is 0.123 e. The van der Waals surface area contributed by atoms with Gasteiger partial charge in [-0.15, -0.1) is 0 Å². The minimum Gasteiger partial charge on any atom is -0.310 e. The predicted octanol–water partition coefficient (Wildman–Crippen LogP) is 5.13. The molecule has 0 saturated carbocycles. The van der Waals surface area contributed by atoms with Crippen LogP contribution in [0.4, 0.5) is 4.39 Å². The van der Waals surface area contributed by atoms with Crippen LogP contribution in [0.5, 0.6) is 0 Å². The molecule has 2 aromatic rings. The third-order valence-electron chi connectivity index (χ3n) is 2.76. The highest BCUT2D eigenvalue weighted by atomic mass is 35.5. The molecule has 0 aliphatic carbocycles. The fraction of sp³-hybridized carbons (Fsp3) is 0.250. The standard InChI is InChI=1S/C16H17ClFNS/c1-11(2)19-10-12-9-14(18)5-8-16(12)20-15-6-3-13(17)4-7-15/h3-9,11,19H,10H2,1-2H3. The lowest BCUT2D eigenvalue weighted by Gasteiger charge is -2.12. The van der Waals surface area contributed by atoms with E-state index in [2.05, 4.69) is 19.2 Å². The van der Waals surface area contributed by atoms with Crippen molar-refractivity contribution in [2.24, 2.45) is 0 Å². The Kier molecular flexibility index (Phi) is 5.46. The van der Waals surface area contributed by atoms with Gasteiger partial charge in [0.25, 0.3) is 0 Å². The van der Waals surface area contributed by atoms with Gasteiger partial charge in [-0.05, 0) is 48.0 Å². The van der Waals surface area contributed by atoms with E-state index in [4.69, 9.17) is 11.6 Å². The van der Waals surface area contributed by atoms with E-state index < -0.39 is 0 Å². The molecule has 0 heterocycles. The molecule has 0 spiro atoms. The Morgan fingerprint density at radius 1 is 1.15 bits per heavy atom. The van der Waals surface area contributed by atoms with Crippen LogP contribution in [0, 0.1) is 5.82 Å². The van der Waals surface area contributed by atoms with Gasteiger partial charge < -0.3 is 5.32 Å². The van der Waals surface area contributed by atoms with Gasteiger partial charge >= 0.3 is 0 Å². The van der Waals surface area contributed by atoms with Gasteiger partial charge in [-0.1, -0.05) is 37.2 Å². The van der Waals surface area contributed by atoms with Crippen molar-refractivity contribution in [1.82, 2.24) is 5.32 Å². The monoisotopic (exact) mass is 309 g/mol. The van der Waals surface area contributed by atoms with Crippen LogP contribution in [0.2, 0.25) is 5.02 Å². The van der Waals surface area contributed by atoms with Crippen LogP contribution in [-0.4, -0.2) is 6.04 Å². The molecule has 2 aromatic carbocycles. The molecule has 0 atom stereocenters. The smallest absolute Gasteiger partial charge is 0.123 e. The lowest BCUT2D eigenvalue weighted by Crippen LogP contribution is -2.22. The number of nitrogens with one attached hydrogen (secondary N) is 1. The summed E-state index contributed by atoms with van der Waals surface area (Å²) in [6.45, 7) is 4.81. The highest BCUT2D eigenvalue weighted by molar-refractivity contribution is 7.99. The van der Waals surface area contributed by atoms with Gasteiger partial charge in [-0.25, -0.2) is 4.39 Å². The number of benzene rings is 2. The van der Waals surface area contributed by atoms with Crippen molar-refractivity contribution < 1.29 is 4.39 Å². The van der Waals surface area contributed by atoms with Crippen LogP contribution in [0.15, 0.2) is 52.3 Å². The molecule has 0 aliphatic heterocycles. The zero-order chi connectivity index (χ0) is 14.5. The second-order valence-corrected chi connectivity index (χ2v) is 6.40. The highest BCUT2D eigenvalue weighted by Gasteiger charge is 2.07. The minimum absolute atomic E-state index is 0.203. The van der Waals surface area contributed by atoms with Gasteiger partial charge in [-0.3, -0.25) is 0 Å². The summed E-state index contributed by atoms with van der Waals surface area (Å²) in [6.07, 6.45) is 0. The van der Waals surface area contributed by atoms with Gasteiger partial charge in [0.2, 0.25) is 0 Å². The van der Waals surface area contributed by atoms with Gasteiger partial charge in [0.1, 0.15) is 5.82 Å². The summed E-state index contributed by atoms with van der Waals surface area (Å²) in [5.41, 5.74) is 0.971. The second-order valence-electron chi connectivity index (χ2n) is 4.84. The molecular weight excluding hydrogens is 293 g/mol. The first-order valence-electron chi connectivity index (χ1n) is 6.50. The van der Waals surface area contributed by atoms with Crippen molar-refractivity contribution in [3.8, 4) is 0 Å². The zero-order valence-corrected chi connectivity index (χ0v) is 13.1. The third kappa shape index (κ3) is 4.51. The van der Waals surface area contributed by atoms with Gasteiger partial charge in [-0.2, -0.15) is 0 Å². The van der Waals surface area contributed by atoms with Gasteiger partial charge in [0.05, 0.1) is 0 Å². The average Bonchev–Trinajstić information content (AvgIpc) is 2.41. The van der Waals surface area contributed by atoms with Crippen molar-refractivity contribution in [2.45, 2.75) is 36.2 Å². The summed E-state index contributed by atoms with van der Waals surface area (Å²) in [5.74, 6) is -0.203. The molecule has 0 aromatic heterocycles. The third-order valence-corrected chi connectivity index (χ3v) is 4.14. The molecule has 106 valence electrons. The lowest BCUT2D eigenvalue weighted by atomic mass is 10.2. The molecule has 0 aliphatic rings. The molecule has 1 N–H and O–H groups in total. The Morgan fingerprint density at radius 2 is 1.85 bits per heavy atom. The van der Waals surface area contributed by atoms with Crippen LogP contribution in [0.25, 0.3) is 0 Å². The Morgan fingerprint density at radius 3 is 2.50 bits per heavy atom. The fourth-order valence-corrected chi connectivity index (χ4v) is 2.78. The summed E-state index contributed by atoms with van der Waals surface area (Å²) in [5, 5.41) is 4.04. The van der Waals surface area contributed by atoms with E-state index in [-0.39, 0.29) is 5.82 Å². The lowest BCUT2D eigenvalue weighted by molar-refractivity contribution is 0.576. The maximum atomic E-state index is 13.4. The van der Waals surface area contributed by atoms with E-state index in [0.717, 1.165) is 20.4 Å². The number of rotatable bonds is 5. The molecule has 4 heteroatoms. The fourth-order valence-electron chi connectivity index (χ4n) is 1.73. The average molecular weight is 310 g/mol. The Balaban J connectivity index is 2.19. The quantitative estimate of drug-likeness (QED) is 0.822. The summed E-state index contributed by atoms with van der Waals surface area (Å²) in [4.78, 5) is 2.15. The first kappa shape index (κ1) is 15.4. The zero-order valence-electron chi connectivity index (χ0n) is 11.5. The van der Waals surface area contributed by atoms with Crippen molar-refractivity contribution in [2.75, 3.05) is 0 Å². The molecule has 0 saturated heterocycles.